The lowest BCUT2D eigenvalue weighted by Crippen LogP contribution is -2.15. The Morgan fingerprint density at radius 2 is 1.92 bits per heavy atom. The minimum Gasteiger partial charge on any atom is -0.478 e. The summed E-state index contributed by atoms with van der Waals surface area (Å²) < 4.78 is 5.76. The molecule has 0 aliphatic heterocycles. The number of benzene rings is 2. The number of hydrogen-bond acceptors (Lipinski definition) is 4. The molecule has 1 heterocycles. The third-order valence-corrected chi connectivity index (χ3v) is 4.17. The first-order valence-electron chi connectivity index (χ1n) is 7.01. The number of nitrogens with one attached hydrogen (secondary N) is 1. The van der Waals surface area contributed by atoms with Gasteiger partial charge in [0, 0.05) is 16.1 Å². The van der Waals surface area contributed by atoms with Crippen molar-refractivity contribution in [3.05, 3.63) is 69.3 Å². The fourth-order valence-corrected chi connectivity index (χ4v) is 2.75. The zero-order valence-electron chi connectivity index (χ0n) is 12.5. The molecule has 0 aliphatic rings. The van der Waals surface area contributed by atoms with Crippen LogP contribution in [0.3, 0.4) is 0 Å². The van der Waals surface area contributed by atoms with Gasteiger partial charge in [0.15, 0.2) is 11.5 Å². The number of anilines is 1. The van der Waals surface area contributed by atoms with Crippen molar-refractivity contribution in [2.75, 3.05) is 5.32 Å². The van der Waals surface area contributed by atoms with E-state index in [2.05, 4.69) is 26.4 Å². The molecule has 126 valence electrons. The van der Waals surface area contributed by atoms with Gasteiger partial charge in [-0.1, -0.05) is 44.8 Å². The van der Waals surface area contributed by atoms with Crippen molar-refractivity contribution in [3.8, 4) is 11.3 Å². The summed E-state index contributed by atoms with van der Waals surface area (Å²) >= 11 is 9.29. The molecule has 0 aliphatic carbocycles. The van der Waals surface area contributed by atoms with Crippen molar-refractivity contribution in [1.29, 1.82) is 0 Å². The van der Waals surface area contributed by atoms with Gasteiger partial charge in [-0.25, -0.2) is 4.79 Å². The Balaban J connectivity index is 1.86. The number of rotatable bonds is 4. The van der Waals surface area contributed by atoms with Gasteiger partial charge in [0.2, 0.25) is 0 Å². The number of halogens is 2. The number of carbonyl (C=O) groups excluding carboxylic acids is 1. The highest BCUT2D eigenvalue weighted by molar-refractivity contribution is 9.10. The van der Waals surface area contributed by atoms with Crippen molar-refractivity contribution in [2.45, 2.75) is 0 Å². The van der Waals surface area contributed by atoms with Crippen LogP contribution in [0.2, 0.25) is 5.02 Å². The van der Waals surface area contributed by atoms with Crippen LogP contribution in [0.15, 0.2) is 57.5 Å². The molecule has 0 unspecified atom stereocenters. The van der Waals surface area contributed by atoms with Gasteiger partial charge in [0.25, 0.3) is 5.91 Å². The standard InChI is InChI=1S/C17H10BrClN2O4/c18-9-5-6-13(11(7-9)17(23)24)20-16(22)14-8-15(25-21-14)10-3-1-2-4-12(10)19/h1-8H,(H,20,22)(H,23,24). The lowest BCUT2D eigenvalue weighted by molar-refractivity contribution is 0.0698. The summed E-state index contributed by atoms with van der Waals surface area (Å²) in [5.41, 5.74) is 0.723. The first kappa shape index (κ1) is 17.2. The molecule has 6 nitrogen and oxygen atoms in total. The summed E-state index contributed by atoms with van der Waals surface area (Å²) in [6.07, 6.45) is 0. The van der Waals surface area contributed by atoms with Crippen LogP contribution in [-0.4, -0.2) is 22.1 Å². The number of carbonyl (C=O) groups is 2. The maximum atomic E-state index is 12.3. The molecular formula is C17H10BrClN2O4. The molecule has 8 heteroatoms. The minimum atomic E-state index is -1.16. The molecule has 3 rings (SSSR count). The van der Waals surface area contributed by atoms with Crippen LogP contribution in [0.4, 0.5) is 5.69 Å². The quantitative estimate of drug-likeness (QED) is 0.636. The highest BCUT2D eigenvalue weighted by Gasteiger charge is 2.18. The number of carboxylic acid groups (broad SMARTS) is 1. The number of hydrogen-bond donors (Lipinski definition) is 2. The average Bonchev–Trinajstić information content (AvgIpc) is 3.06. The van der Waals surface area contributed by atoms with Crippen LogP contribution in [0.1, 0.15) is 20.8 Å². The Kier molecular flexibility index (Phi) is 4.87. The maximum absolute atomic E-state index is 12.3. The smallest absolute Gasteiger partial charge is 0.337 e. The Hall–Kier alpha value is -2.64. The van der Waals surface area contributed by atoms with Gasteiger partial charge in [-0.15, -0.1) is 0 Å². The highest BCUT2D eigenvalue weighted by Crippen LogP contribution is 2.28. The molecule has 0 saturated carbocycles. The first-order valence-corrected chi connectivity index (χ1v) is 8.18. The highest BCUT2D eigenvalue weighted by atomic mass is 79.9. The van der Waals surface area contributed by atoms with E-state index in [1.54, 1.807) is 30.3 Å². The van der Waals surface area contributed by atoms with Crippen LogP contribution in [0, 0.1) is 0 Å². The van der Waals surface area contributed by atoms with Crippen LogP contribution in [0.25, 0.3) is 11.3 Å². The molecule has 2 aromatic carbocycles. The Morgan fingerprint density at radius 3 is 2.64 bits per heavy atom. The van der Waals surface area contributed by atoms with Crippen LogP contribution in [0.5, 0.6) is 0 Å². The molecule has 0 fully saturated rings. The third kappa shape index (κ3) is 3.72. The zero-order chi connectivity index (χ0) is 18.0. The molecule has 0 atom stereocenters. The average molecular weight is 422 g/mol. The number of aromatic nitrogens is 1. The molecule has 25 heavy (non-hydrogen) atoms. The van der Waals surface area contributed by atoms with E-state index in [0.29, 0.717) is 20.8 Å². The van der Waals surface area contributed by atoms with Gasteiger partial charge < -0.3 is 14.9 Å². The Bertz CT molecular complexity index is 971. The Labute approximate surface area is 155 Å². The van der Waals surface area contributed by atoms with Gasteiger partial charge in [0.1, 0.15) is 0 Å². The van der Waals surface area contributed by atoms with E-state index >= 15 is 0 Å². The number of nitrogens with zero attached hydrogens (tertiary/aromatic N) is 1. The van der Waals surface area contributed by atoms with E-state index in [1.165, 1.54) is 18.2 Å². The van der Waals surface area contributed by atoms with Gasteiger partial charge in [-0.05, 0) is 30.3 Å². The van der Waals surface area contributed by atoms with Gasteiger partial charge in [0.05, 0.1) is 16.3 Å². The lowest BCUT2D eigenvalue weighted by Gasteiger charge is -2.07. The summed E-state index contributed by atoms with van der Waals surface area (Å²) in [5.74, 6) is -1.41. The van der Waals surface area contributed by atoms with Crippen molar-refractivity contribution < 1.29 is 19.2 Å². The third-order valence-electron chi connectivity index (χ3n) is 3.34. The van der Waals surface area contributed by atoms with Crippen LogP contribution in [-0.2, 0) is 0 Å². The second-order valence-corrected chi connectivity index (χ2v) is 6.33. The monoisotopic (exact) mass is 420 g/mol. The lowest BCUT2D eigenvalue weighted by atomic mass is 10.1. The summed E-state index contributed by atoms with van der Waals surface area (Å²) in [6.45, 7) is 0. The van der Waals surface area contributed by atoms with Gasteiger partial charge in [-0.3, -0.25) is 4.79 Å². The number of aromatic carboxylic acids is 1. The summed E-state index contributed by atoms with van der Waals surface area (Å²) in [4.78, 5) is 23.6. The second-order valence-electron chi connectivity index (χ2n) is 5.01. The van der Waals surface area contributed by atoms with E-state index in [0.717, 1.165) is 0 Å². The first-order chi connectivity index (χ1) is 12.0. The topological polar surface area (TPSA) is 92.4 Å². The summed E-state index contributed by atoms with van der Waals surface area (Å²) in [7, 11) is 0. The molecule has 3 aromatic rings. The van der Waals surface area contributed by atoms with Crippen LogP contribution >= 0.6 is 27.5 Å². The zero-order valence-corrected chi connectivity index (χ0v) is 14.8. The fraction of sp³-hybridized carbons (Fsp3) is 0. The SMILES string of the molecule is O=C(Nc1ccc(Br)cc1C(=O)O)c1cc(-c2ccccc2Cl)on1. The van der Waals surface area contributed by atoms with E-state index in [1.807, 2.05) is 0 Å². The maximum Gasteiger partial charge on any atom is 0.337 e. The van der Waals surface area contributed by atoms with E-state index < -0.39 is 11.9 Å². The summed E-state index contributed by atoms with van der Waals surface area (Å²) in [6, 6.07) is 12.9. The molecule has 0 bridgehead atoms. The number of amides is 1. The normalized spacial score (nSPS) is 10.5. The predicted octanol–water partition coefficient (Wildman–Crippen LogP) is 4.71. The largest absolute Gasteiger partial charge is 0.478 e. The van der Waals surface area contributed by atoms with Crippen molar-refractivity contribution in [1.82, 2.24) is 5.16 Å². The molecule has 2 N–H and O–H groups in total. The fourth-order valence-electron chi connectivity index (χ4n) is 2.16. The summed E-state index contributed by atoms with van der Waals surface area (Å²) in [5, 5.41) is 15.9. The van der Waals surface area contributed by atoms with E-state index in [-0.39, 0.29) is 16.9 Å². The van der Waals surface area contributed by atoms with Gasteiger partial charge in [-0.2, -0.15) is 0 Å². The molecule has 1 amide bonds. The van der Waals surface area contributed by atoms with E-state index in [4.69, 9.17) is 16.1 Å². The second kappa shape index (κ2) is 7.08. The van der Waals surface area contributed by atoms with E-state index in [9.17, 15) is 14.7 Å². The molecule has 0 spiro atoms. The molecular weight excluding hydrogens is 412 g/mol. The molecule has 0 radical (unpaired) electrons. The Morgan fingerprint density at radius 1 is 1.16 bits per heavy atom. The van der Waals surface area contributed by atoms with Crippen LogP contribution < -0.4 is 5.32 Å². The predicted molar refractivity (Wildman–Crippen MR) is 96.0 cm³/mol. The van der Waals surface area contributed by atoms with Gasteiger partial charge >= 0.3 is 5.97 Å². The molecule has 1 aromatic heterocycles. The number of carboxylic acids is 1. The van der Waals surface area contributed by atoms with Crippen molar-refractivity contribution in [3.63, 3.8) is 0 Å². The minimum absolute atomic E-state index is 0.00850. The molecule has 0 saturated heterocycles. The van der Waals surface area contributed by atoms with Crippen molar-refractivity contribution >= 4 is 45.1 Å². The van der Waals surface area contributed by atoms with Crippen molar-refractivity contribution in [2.24, 2.45) is 0 Å².